The van der Waals surface area contributed by atoms with Gasteiger partial charge in [0.25, 0.3) is 0 Å². The number of aliphatic carboxylic acids is 1. The van der Waals surface area contributed by atoms with Crippen LogP contribution >= 0.6 is 0 Å². The fraction of sp³-hybridized carbons (Fsp3) is 0.294. The fourth-order valence-electron chi connectivity index (χ4n) is 2.54. The van der Waals surface area contributed by atoms with Crippen LogP contribution in [-0.2, 0) is 14.4 Å². The number of benzene rings is 1. The zero-order valence-corrected chi connectivity index (χ0v) is 13.5. The molecule has 1 aliphatic rings. The van der Waals surface area contributed by atoms with Crippen molar-refractivity contribution in [3.8, 4) is 0 Å². The SMILES string of the molecule is CC(C(=O)Nc1cccc(NC(=O)C2CC2C(=O)O)c1)n1cccn1. The standard InChI is InChI=1S/C17H18N4O4/c1-10(21-7-3-6-18-21)15(22)19-11-4-2-5-12(8-11)20-16(23)13-9-14(13)17(24)25/h2-8,10,13-14H,9H2,1H3,(H,19,22)(H,20,23)(H,24,25). The van der Waals surface area contributed by atoms with E-state index in [1.807, 2.05) is 0 Å². The van der Waals surface area contributed by atoms with Crippen molar-refractivity contribution in [1.29, 1.82) is 0 Å². The largest absolute Gasteiger partial charge is 0.481 e. The van der Waals surface area contributed by atoms with Crippen molar-refractivity contribution >= 4 is 29.2 Å². The average molecular weight is 342 g/mol. The molecule has 1 heterocycles. The van der Waals surface area contributed by atoms with E-state index in [1.165, 1.54) is 0 Å². The second-order valence-electron chi connectivity index (χ2n) is 6.01. The summed E-state index contributed by atoms with van der Waals surface area (Å²) in [6.07, 6.45) is 3.66. The number of aromatic nitrogens is 2. The summed E-state index contributed by atoms with van der Waals surface area (Å²) in [7, 11) is 0. The Balaban J connectivity index is 1.61. The number of carboxylic acids is 1. The summed E-state index contributed by atoms with van der Waals surface area (Å²) >= 11 is 0. The summed E-state index contributed by atoms with van der Waals surface area (Å²) in [4.78, 5) is 35.1. The lowest BCUT2D eigenvalue weighted by Gasteiger charge is -2.13. The zero-order chi connectivity index (χ0) is 18.0. The highest BCUT2D eigenvalue weighted by Gasteiger charge is 2.48. The number of carbonyl (C=O) groups excluding carboxylic acids is 2. The Labute approximate surface area is 143 Å². The summed E-state index contributed by atoms with van der Waals surface area (Å²) < 4.78 is 1.54. The molecule has 2 amide bonds. The average Bonchev–Trinajstić information content (AvgIpc) is 3.21. The second-order valence-corrected chi connectivity index (χ2v) is 6.01. The van der Waals surface area contributed by atoms with E-state index in [1.54, 1.807) is 54.3 Å². The van der Waals surface area contributed by atoms with Crippen LogP contribution in [0.25, 0.3) is 0 Å². The molecule has 3 atom stereocenters. The van der Waals surface area contributed by atoms with E-state index in [0.717, 1.165) is 0 Å². The molecule has 1 saturated carbocycles. The van der Waals surface area contributed by atoms with Gasteiger partial charge in [0.15, 0.2) is 0 Å². The Hall–Kier alpha value is -3.16. The van der Waals surface area contributed by atoms with Crippen LogP contribution in [0.3, 0.4) is 0 Å². The number of anilines is 2. The first kappa shape index (κ1) is 16.7. The van der Waals surface area contributed by atoms with Gasteiger partial charge in [-0.1, -0.05) is 6.07 Å². The van der Waals surface area contributed by atoms with Gasteiger partial charge in [-0.05, 0) is 37.6 Å². The molecule has 1 aliphatic carbocycles. The normalized spacial score (nSPS) is 19.7. The lowest BCUT2D eigenvalue weighted by atomic mass is 10.2. The maximum Gasteiger partial charge on any atom is 0.307 e. The maximum atomic E-state index is 12.3. The molecule has 3 unspecified atom stereocenters. The third-order valence-electron chi connectivity index (χ3n) is 4.14. The van der Waals surface area contributed by atoms with Crippen LogP contribution in [0.5, 0.6) is 0 Å². The van der Waals surface area contributed by atoms with Gasteiger partial charge in [-0.25, -0.2) is 0 Å². The molecule has 8 nitrogen and oxygen atoms in total. The predicted octanol–water partition coefficient (Wildman–Crippen LogP) is 1.74. The molecule has 0 aliphatic heterocycles. The van der Waals surface area contributed by atoms with E-state index in [0.29, 0.717) is 17.8 Å². The highest BCUT2D eigenvalue weighted by atomic mass is 16.4. The van der Waals surface area contributed by atoms with Crippen molar-refractivity contribution in [2.24, 2.45) is 11.8 Å². The highest BCUT2D eigenvalue weighted by molar-refractivity contribution is 5.99. The first-order chi connectivity index (χ1) is 12.0. The zero-order valence-electron chi connectivity index (χ0n) is 13.5. The Kier molecular flexibility index (Phi) is 4.51. The molecule has 25 heavy (non-hydrogen) atoms. The molecular formula is C17H18N4O4. The third-order valence-corrected chi connectivity index (χ3v) is 4.14. The molecule has 130 valence electrons. The van der Waals surface area contributed by atoms with E-state index in [9.17, 15) is 14.4 Å². The van der Waals surface area contributed by atoms with Crippen molar-refractivity contribution in [3.05, 3.63) is 42.7 Å². The van der Waals surface area contributed by atoms with Crippen molar-refractivity contribution in [1.82, 2.24) is 9.78 Å². The first-order valence-electron chi connectivity index (χ1n) is 7.89. The molecule has 3 rings (SSSR count). The van der Waals surface area contributed by atoms with Crippen molar-refractivity contribution in [3.63, 3.8) is 0 Å². The van der Waals surface area contributed by atoms with Gasteiger partial charge in [0.1, 0.15) is 6.04 Å². The van der Waals surface area contributed by atoms with Crippen LogP contribution in [0.15, 0.2) is 42.7 Å². The number of hydrogen-bond donors (Lipinski definition) is 3. The van der Waals surface area contributed by atoms with Gasteiger partial charge in [-0.3, -0.25) is 19.1 Å². The molecule has 0 radical (unpaired) electrons. The van der Waals surface area contributed by atoms with Crippen LogP contribution in [0.2, 0.25) is 0 Å². The molecule has 0 bridgehead atoms. The van der Waals surface area contributed by atoms with Crippen LogP contribution in [-0.4, -0.2) is 32.7 Å². The molecule has 3 N–H and O–H groups in total. The van der Waals surface area contributed by atoms with E-state index < -0.39 is 23.8 Å². The van der Waals surface area contributed by atoms with E-state index >= 15 is 0 Å². The second kappa shape index (κ2) is 6.76. The molecule has 0 saturated heterocycles. The van der Waals surface area contributed by atoms with Crippen molar-refractivity contribution in [2.45, 2.75) is 19.4 Å². The Morgan fingerprint density at radius 3 is 2.52 bits per heavy atom. The molecule has 2 aromatic rings. The van der Waals surface area contributed by atoms with E-state index in [2.05, 4.69) is 15.7 Å². The van der Waals surface area contributed by atoms with Gasteiger partial charge >= 0.3 is 5.97 Å². The molecule has 1 aromatic heterocycles. The van der Waals surface area contributed by atoms with E-state index in [-0.39, 0.29) is 11.8 Å². The summed E-state index contributed by atoms with van der Waals surface area (Å²) in [5, 5.41) is 18.4. The number of hydrogen-bond acceptors (Lipinski definition) is 4. The van der Waals surface area contributed by atoms with Crippen LogP contribution in [0.4, 0.5) is 11.4 Å². The monoisotopic (exact) mass is 342 g/mol. The van der Waals surface area contributed by atoms with Crippen LogP contribution in [0, 0.1) is 11.8 Å². The van der Waals surface area contributed by atoms with Gasteiger partial charge in [0.05, 0.1) is 11.8 Å². The van der Waals surface area contributed by atoms with Gasteiger partial charge in [-0.2, -0.15) is 5.10 Å². The number of carbonyl (C=O) groups is 3. The minimum Gasteiger partial charge on any atom is -0.481 e. The number of nitrogens with one attached hydrogen (secondary N) is 2. The van der Waals surface area contributed by atoms with Gasteiger partial charge in [-0.15, -0.1) is 0 Å². The Morgan fingerprint density at radius 1 is 1.20 bits per heavy atom. The topological polar surface area (TPSA) is 113 Å². The molecule has 0 spiro atoms. The molecule has 1 aromatic carbocycles. The summed E-state index contributed by atoms with van der Waals surface area (Å²) in [6, 6.07) is 7.98. The minimum absolute atomic E-state index is 0.236. The molecule has 8 heteroatoms. The van der Waals surface area contributed by atoms with Crippen LogP contribution in [0.1, 0.15) is 19.4 Å². The highest BCUT2D eigenvalue weighted by Crippen LogP contribution is 2.39. The molecular weight excluding hydrogens is 324 g/mol. The van der Waals surface area contributed by atoms with Gasteiger partial charge in [0, 0.05) is 23.8 Å². The van der Waals surface area contributed by atoms with Gasteiger partial charge < -0.3 is 15.7 Å². The first-order valence-corrected chi connectivity index (χ1v) is 7.89. The summed E-state index contributed by atoms with van der Waals surface area (Å²) in [5.74, 6) is -2.59. The maximum absolute atomic E-state index is 12.3. The lowest BCUT2D eigenvalue weighted by molar-refractivity contribution is -0.139. The minimum atomic E-state index is -0.950. The molecule has 1 fully saturated rings. The third kappa shape index (κ3) is 3.85. The fourth-order valence-corrected chi connectivity index (χ4v) is 2.54. The van der Waals surface area contributed by atoms with Gasteiger partial charge in [0.2, 0.25) is 11.8 Å². The van der Waals surface area contributed by atoms with E-state index in [4.69, 9.17) is 5.11 Å². The van der Waals surface area contributed by atoms with Crippen LogP contribution < -0.4 is 10.6 Å². The van der Waals surface area contributed by atoms with Crippen molar-refractivity contribution < 1.29 is 19.5 Å². The lowest BCUT2D eigenvalue weighted by Crippen LogP contribution is -2.24. The van der Waals surface area contributed by atoms with Crippen molar-refractivity contribution in [2.75, 3.05) is 10.6 Å². The Morgan fingerprint density at radius 2 is 1.92 bits per heavy atom. The smallest absolute Gasteiger partial charge is 0.307 e. The number of nitrogens with zero attached hydrogens (tertiary/aromatic N) is 2. The quantitative estimate of drug-likeness (QED) is 0.740. The number of rotatable bonds is 6. The predicted molar refractivity (Wildman–Crippen MR) is 89.9 cm³/mol. The number of amides is 2. The Bertz CT molecular complexity index is 803. The summed E-state index contributed by atoms with van der Waals surface area (Å²) in [6.45, 7) is 1.73. The summed E-state index contributed by atoms with van der Waals surface area (Å²) in [5.41, 5.74) is 1.04. The number of carboxylic acid groups (broad SMARTS) is 1.